The number of carbonyl (C=O) groups is 1. The topological polar surface area (TPSA) is 97.0 Å². The third-order valence-electron chi connectivity index (χ3n) is 5.00. The summed E-state index contributed by atoms with van der Waals surface area (Å²) in [6.45, 7) is 1.56. The van der Waals surface area contributed by atoms with E-state index < -0.39 is 10.0 Å². The van der Waals surface area contributed by atoms with Crippen molar-refractivity contribution in [1.82, 2.24) is 9.62 Å². The Labute approximate surface area is 177 Å². The molecule has 2 aromatic rings. The van der Waals surface area contributed by atoms with Crippen molar-refractivity contribution < 1.29 is 22.7 Å². The Bertz CT molecular complexity index is 958. The van der Waals surface area contributed by atoms with Crippen LogP contribution >= 0.6 is 0 Å². The molecule has 0 aliphatic carbocycles. The second kappa shape index (κ2) is 9.92. The number of likely N-dealkylation sites (tertiary alicyclic amines) is 1. The third kappa shape index (κ3) is 5.71. The van der Waals surface area contributed by atoms with Crippen LogP contribution in [0.1, 0.15) is 12.8 Å². The average molecular weight is 434 g/mol. The number of ether oxygens (including phenoxy) is 2. The minimum atomic E-state index is -3.68. The Balaban J connectivity index is 1.52. The van der Waals surface area contributed by atoms with Gasteiger partial charge in [0.25, 0.3) is 0 Å². The Morgan fingerprint density at radius 1 is 1.03 bits per heavy atom. The summed E-state index contributed by atoms with van der Waals surface area (Å²) in [7, 11) is -0.720. The van der Waals surface area contributed by atoms with Gasteiger partial charge in [0.2, 0.25) is 15.9 Å². The lowest BCUT2D eigenvalue weighted by Gasteiger charge is -2.31. The van der Waals surface area contributed by atoms with Gasteiger partial charge in [0.05, 0.1) is 25.7 Å². The van der Waals surface area contributed by atoms with Crippen LogP contribution in [0.4, 0.5) is 5.69 Å². The number of amides is 1. The lowest BCUT2D eigenvalue weighted by molar-refractivity contribution is -0.117. The molecular formula is C21H27N3O5S. The van der Waals surface area contributed by atoms with Gasteiger partial charge >= 0.3 is 0 Å². The van der Waals surface area contributed by atoms with E-state index in [1.54, 1.807) is 6.07 Å². The van der Waals surface area contributed by atoms with Gasteiger partial charge in [0.1, 0.15) is 0 Å². The van der Waals surface area contributed by atoms with Crippen molar-refractivity contribution in [3.63, 3.8) is 0 Å². The number of nitrogens with zero attached hydrogens (tertiary/aromatic N) is 1. The van der Waals surface area contributed by atoms with Crippen LogP contribution in [-0.4, -0.2) is 59.1 Å². The van der Waals surface area contributed by atoms with Gasteiger partial charge in [-0.2, -0.15) is 0 Å². The number of benzene rings is 2. The van der Waals surface area contributed by atoms with Gasteiger partial charge in [-0.3, -0.25) is 9.69 Å². The highest BCUT2D eigenvalue weighted by Crippen LogP contribution is 2.29. The first kappa shape index (κ1) is 22.1. The summed E-state index contributed by atoms with van der Waals surface area (Å²) in [4.78, 5) is 14.4. The second-order valence-electron chi connectivity index (χ2n) is 7.10. The molecule has 1 fully saturated rings. The predicted molar refractivity (Wildman–Crippen MR) is 114 cm³/mol. The second-order valence-corrected chi connectivity index (χ2v) is 8.82. The smallest absolute Gasteiger partial charge is 0.240 e. The average Bonchev–Trinajstić information content (AvgIpc) is 2.75. The van der Waals surface area contributed by atoms with E-state index in [-0.39, 0.29) is 23.4 Å². The summed E-state index contributed by atoms with van der Waals surface area (Å²) >= 11 is 0. The molecule has 30 heavy (non-hydrogen) atoms. The van der Waals surface area contributed by atoms with Crippen LogP contribution in [0.5, 0.6) is 11.5 Å². The van der Waals surface area contributed by atoms with E-state index in [1.807, 2.05) is 35.2 Å². The lowest BCUT2D eigenvalue weighted by Crippen LogP contribution is -2.46. The number of anilines is 1. The Morgan fingerprint density at radius 3 is 2.33 bits per heavy atom. The number of rotatable bonds is 8. The van der Waals surface area contributed by atoms with Gasteiger partial charge in [-0.25, -0.2) is 13.1 Å². The molecule has 2 N–H and O–H groups in total. The van der Waals surface area contributed by atoms with Crippen molar-refractivity contribution >= 4 is 21.6 Å². The van der Waals surface area contributed by atoms with Gasteiger partial charge in [-0.05, 0) is 37.1 Å². The molecule has 1 saturated heterocycles. The number of methoxy groups -OCH3 is 2. The van der Waals surface area contributed by atoms with Crippen molar-refractivity contribution in [2.45, 2.75) is 23.8 Å². The van der Waals surface area contributed by atoms with Crippen molar-refractivity contribution in [2.75, 3.05) is 39.2 Å². The fourth-order valence-corrected chi connectivity index (χ4v) is 4.73. The van der Waals surface area contributed by atoms with E-state index in [1.165, 1.54) is 26.4 Å². The number of piperidine rings is 1. The van der Waals surface area contributed by atoms with Crippen LogP contribution in [0.15, 0.2) is 53.4 Å². The molecule has 1 amide bonds. The number of hydrogen-bond acceptors (Lipinski definition) is 6. The molecule has 0 spiro atoms. The van der Waals surface area contributed by atoms with Crippen LogP contribution in [0.3, 0.4) is 0 Å². The quantitative estimate of drug-likeness (QED) is 0.662. The summed E-state index contributed by atoms with van der Waals surface area (Å²) in [6, 6.07) is 13.6. The van der Waals surface area contributed by atoms with Gasteiger partial charge in [-0.15, -0.1) is 0 Å². The summed E-state index contributed by atoms with van der Waals surface area (Å²) in [5.74, 6) is 0.753. The van der Waals surface area contributed by atoms with Gasteiger partial charge in [0.15, 0.2) is 11.5 Å². The number of nitrogens with one attached hydrogen (secondary N) is 2. The van der Waals surface area contributed by atoms with Crippen LogP contribution in [0.25, 0.3) is 0 Å². The fraction of sp³-hybridized carbons (Fsp3) is 0.381. The monoisotopic (exact) mass is 433 g/mol. The standard InChI is InChI=1S/C21H27N3O5S/c1-28-19-9-8-18(14-20(19)29-2)30(26,27)23-17-10-12-24(13-11-17)15-21(25)22-16-6-4-3-5-7-16/h3-9,14,17,23H,10-13,15H2,1-2H3,(H,22,25). The molecule has 1 heterocycles. The van der Waals surface area contributed by atoms with Crippen LogP contribution < -0.4 is 19.5 Å². The molecule has 0 radical (unpaired) electrons. The zero-order chi connectivity index (χ0) is 21.6. The molecular weight excluding hydrogens is 406 g/mol. The fourth-order valence-electron chi connectivity index (χ4n) is 3.41. The third-order valence-corrected chi connectivity index (χ3v) is 6.52. The lowest BCUT2D eigenvalue weighted by atomic mass is 10.1. The van der Waals surface area contributed by atoms with Gasteiger partial charge in [-0.1, -0.05) is 18.2 Å². The summed E-state index contributed by atoms with van der Waals surface area (Å²) < 4.78 is 38.6. The van der Waals surface area contributed by atoms with Gasteiger partial charge < -0.3 is 14.8 Å². The summed E-state index contributed by atoms with van der Waals surface area (Å²) in [6.07, 6.45) is 1.26. The Kier molecular flexibility index (Phi) is 7.30. The molecule has 0 bridgehead atoms. The minimum Gasteiger partial charge on any atom is -0.493 e. The number of para-hydroxylation sites is 1. The number of hydrogen-bond donors (Lipinski definition) is 2. The molecule has 0 unspecified atom stereocenters. The van der Waals surface area contributed by atoms with E-state index in [0.29, 0.717) is 37.4 Å². The van der Waals surface area contributed by atoms with Crippen molar-refractivity contribution in [2.24, 2.45) is 0 Å². The summed E-state index contributed by atoms with van der Waals surface area (Å²) in [5.41, 5.74) is 0.764. The zero-order valence-electron chi connectivity index (χ0n) is 17.1. The van der Waals surface area contributed by atoms with E-state index in [2.05, 4.69) is 10.0 Å². The van der Waals surface area contributed by atoms with Crippen molar-refractivity contribution in [3.05, 3.63) is 48.5 Å². The molecule has 2 aromatic carbocycles. The normalized spacial score (nSPS) is 15.5. The van der Waals surface area contributed by atoms with Crippen molar-refractivity contribution in [3.8, 4) is 11.5 Å². The maximum absolute atomic E-state index is 12.7. The Morgan fingerprint density at radius 2 is 1.70 bits per heavy atom. The van der Waals surface area contributed by atoms with E-state index in [4.69, 9.17) is 9.47 Å². The van der Waals surface area contributed by atoms with E-state index >= 15 is 0 Å². The molecule has 9 heteroatoms. The molecule has 1 aliphatic rings. The first-order valence-corrected chi connectivity index (χ1v) is 11.2. The molecule has 0 saturated carbocycles. The van der Waals surface area contributed by atoms with E-state index in [9.17, 15) is 13.2 Å². The molecule has 162 valence electrons. The van der Waals surface area contributed by atoms with E-state index in [0.717, 1.165) is 5.69 Å². The molecule has 3 rings (SSSR count). The molecule has 1 aliphatic heterocycles. The maximum Gasteiger partial charge on any atom is 0.240 e. The summed E-state index contributed by atoms with van der Waals surface area (Å²) in [5, 5.41) is 2.87. The predicted octanol–water partition coefficient (Wildman–Crippen LogP) is 2.09. The molecule has 0 atom stereocenters. The van der Waals surface area contributed by atoms with Gasteiger partial charge in [0, 0.05) is 30.9 Å². The van der Waals surface area contributed by atoms with Crippen LogP contribution in [-0.2, 0) is 14.8 Å². The number of sulfonamides is 1. The minimum absolute atomic E-state index is 0.0782. The van der Waals surface area contributed by atoms with Crippen molar-refractivity contribution in [1.29, 1.82) is 0 Å². The largest absolute Gasteiger partial charge is 0.493 e. The zero-order valence-corrected chi connectivity index (χ0v) is 17.9. The van der Waals surface area contributed by atoms with Crippen LogP contribution in [0.2, 0.25) is 0 Å². The first-order chi connectivity index (χ1) is 14.4. The SMILES string of the molecule is COc1ccc(S(=O)(=O)NC2CCN(CC(=O)Nc3ccccc3)CC2)cc1OC. The molecule has 0 aromatic heterocycles. The number of carbonyl (C=O) groups excluding carboxylic acids is 1. The first-order valence-electron chi connectivity index (χ1n) is 9.73. The highest BCUT2D eigenvalue weighted by molar-refractivity contribution is 7.89. The Hall–Kier alpha value is -2.62. The highest BCUT2D eigenvalue weighted by Gasteiger charge is 2.26. The highest BCUT2D eigenvalue weighted by atomic mass is 32.2. The van der Waals surface area contributed by atoms with Crippen LogP contribution in [0, 0.1) is 0 Å². The maximum atomic E-state index is 12.7. The molecule has 8 nitrogen and oxygen atoms in total.